The summed E-state index contributed by atoms with van der Waals surface area (Å²) < 4.78 is 5.04. The molecule has 5 heteroatoms. The van der Waals surface area contributed by atoms with E-state index in [1.807, 2.05) is 13.8 Å². The van der Waals surface area contributed by atoms with Crippen molar-refractivity contribution < 1.29 is 9.66 Å². The van der Waals surface area contributed by atoms with Crippen molar-refractivity contribution in [2.24, 2.45) is 0 Å². The molecule has 0 aromatic heterocycles. The Kier molecular flexibility index (Phi) is 4.75. The Balaban J connectivity index is 3.16. The number of ether oxygens (including phenoxy) is 1. The average Bonchev–Trinajstić information content (AvgIpc) is 2.28. The van der Waals surface area contributed by atoms with Gasteiger partial charge in [0.05, 0.1) is 12.0 Å². The van der Waals surface area contributed by atoms with Gasteiger partial charge in [0, 0.05) is 11.4 Å². The third-order valence-corrected chi connectivity index (χ3v) is 3.13. The van der Waals surface area contributed by atoms with Gasteiger partial charge in [0.1, 0.15) is 0 Å². The topological polar surface area (TPSA) is 52.4 Å². The summed E-state index contributed by atoms with van der Waals surface area (Å²) in [7, 11) is 1.43. The molecule has 0 saturated carbocycles. The number of rotatable bonds is 5. The zero-order chi connectivity index (χ0) is 13.0. The lowest BCUT2D eigenvalue weighted by Crippen LogP contribution is -2.08. The molecule has 0 radical (unpaired) electrons. The number of benzene rings is 1. The fourth-order valence-electron chi connectivity index (χ4n) is 1.90. The van der Waals surface area contributed by atoms with Crippen LogP contribution in [-0.2, 0) is 0 Å². The zero-order valence-electron chi connectivity index (χ0n) is 10.1. The quantitative estimate of drug-likeness (QED) is 0.459. The first-order chi connectivity index (χ1) is 8.01. The number of hydrogen-bond donors (Lipinski definition) is 0. The molecule has 4 nitrogen and oxygen atoms in total. The second-order valence-corrected chi connectivity index (χ2v) is 4.57. The molecular weight excluding hydrogens is 242 g/mol. The molecule has 94 valence electrons. The van der Waals surface area contributed by atoms with E-state index in [1.54, 1.807) is 12.1 Å². The molecule has 0 spiro atoms. The highest BCUT2D eigenvalue weighted by molar-refractivity contribution is 6.20. The standard InChI is InChI=1S/C12H16ClNO3/c1-4-10(8(2)13)9-5-6-11(14(15)16)12(7-9)17-3/h5-8,10H,4H2,1-3H3. The summed E-state index contributed by atoms with van der Waals surface area (Å²) in [5.41, 5.74) is 0.950. The van der Waals surface area contributed by atoms with Crippen molar-refractivity contribution in [3.8, 4) is 5.75 Å². The first kappa shape index (κ1) is 13.8. The Morgan fingerprint density at radius 2 is 2.18 bits per heavy atom. The molecule has 2 atom stereocenters. The van der Waals surface area contributed by atoms with Gasteiger partial charge in [0.25, 0.3) is 0 Å². The summed E-state index contributed by atoms with van der Waals surface area (Å²) in [6.07, 6.45) is 0.881. The van der Waals surface area contributed by atoms with Crippen molar-refractivity contribution in [1.29, 1.82) is 0 Å². The molecule has 2 unspecified atom stereocenters. The van der Waals surface area contributed by atoms with Gasteiger partial charge in [-0.2, -0.15) is 0 Å². The summed E-state index contributed by atoms with van der Waals surface area (Å²) in [6.45, 7) is 3.96. The third-order valence-electron chi connectivity index (χ3n) is 2.82. The van der Waals surface area contributed by atoms with Crippen LogP contribution in [-0.4, -0.2) is 17.4 Å². The van der Waals surface area contributed by atoms with Crippen molar-refractivity contribution in [1.82, 2.24) is 0 Å². The van der Waals surface area contributed by atoms with Crippen molar-refractivity contribution in [3.05, 3.63) is 33.9 Å². The molecule has 0 amide bonds. The minimum atomic E-state index is -0.451. The maximum Gasteiger partial charge on any atom is 0.310 e. The van der Waals surface area contributed by atoms with E-state index in [9.17, 15) is 10.1 Å². The molecule has 17 heavy (non-hydrogen) atoms. The highest BCUT2D eigenvalue weighted by Gasteiger charge is 2.20. The zero-order valence-corrected chi connectivity index (χ0v) is 10.9. The number of nitrogens with zero attached hydrogens (tertiary/aromatic N) is 1. The van der Waals surface area contributed by atoms with Crippen molar-refractivity contribution in [2.45, 2.75) is 31.6 Å². The molecule has 1 aromatic rings. The number of nitro benzene ring substituents is 1. The van der Waals surface area contributed by atoms with Crippen molar-refractivity contribution in [2.75, 3.05) is 7.11 Å². The van der Waals surface area contributed by atoms with Crippen LogP contribution in [0, 0.1) is 10.1 Å². The molecule has 0 N–H and O–H groups in total. The Labute approximate surface area is 106 Å². The van der Waals surface area contributed by atoms with E-state index >= 15 is 0 Å². The number of alkyl halides is 1. The van der Waals surface area contributed by atoms with E-state index in [0.717, 1.165) is 12.0 Å². The van der Waals surface area contributed by atoms with Crippen molar-refractivity contribution >= 4 is 17.3 Å². The number of hydrogen-bond acceptors (Lipinski definition) is 3. The predicted molar refractivity (Wildman–Crippen MR) is 68.0 cm³/mol. The first-order valence-electron chi connectivity index (χ1n) is 5.47. The van der Waals surface area contributed by atoms with E-state index in [4.69, 9.17) is 16.3 Å². The van der Waals surface area contributed by atoms with E-state index < -0.39 is 4.92 Å². The van der Waals surface area contributed by atoms with E-state index in [-0.39, 0.29) is 22.7 Å². The lowest BCUT2D eigenvalue weighted by Gasteiger charge is -2.18. The molecular formula is C12H16ClNO3. The van der Waals surface area contributed by atoms with Crippen LogP contribution < -0.4 is 4.74 Å². The van der Waals surface area contributed by atoms with Gasteiger partial charge in [-0.1, -0.05) is 13.0 Å². The molecule has 0 fully saturated rings. The van der Waals surface area contributed by atoms with Crippen LogP contribution in [0.4, 0.5) is 5.69 Å². The van der Waals surface area contributed by atoms with Crippen LogP contribution >= 0.6 is 11.6 Å². The lowest BCUT2D eigenvalue weighted by molar-refractivity contribution is -0.385. The highest BCUT2D eigenvalue weighted by atomic mass is 35.5. The lowest BCUT2D eigenvalue weighted by atomic mass is 9.93. The summed E-state index contributed by atoms with van der Waals surface area (Å²) in [4.78, 5) is 10.3. The summed E-state index contributed by atoms with van der Waals surface area (Å²) >= 11 is 6.10. The van der Waals surface area contributed by atoms with Gasteiger partial charge in [0.2, 0.25) is 0 Å². The van der Waals surface area contributed by atoms with Gasteiger partial charge in [0.15, 0.2) is 5.75 Å². The van der Waals surface area contributed by atoms with Crippen LogP contribution in [0.25, 0.3) is 0 Å². The second-order valence-electron chi connectivity index (χ2n) is 3.88. The van der Waals surface area contributed by atoms with Gasteiger partial charge in [-0.3, -0.25) is 10.1 Å². The summed E-state index contributed by atoms with van der Waals surface area (Å²) in [5, 5.41) is 10.7. The minimum absolute atomic E-state index is 0.0201. The molecule has 0 aliphatic rings. The fraction of sp³-hybridized carbons (Fsp3) is 0.500. The van der Waals surface area contributed by atoms with Gasteiger partial charge in [-0.25, -0.2) is 0 Å². The Hall–Kier alpha value is -1.29. The molecule has 0 aliphatic heterocycles. The van der Waals surface area contributed by atoms with E-state index in [2.05, 4.69) is 0 Å². The Bertz CT molecular complexity index is 407. The largest absolute Gasteiger partial charge is 0.490 e. The maximum absolute atomic E-state index is 10.8. The average molecular weight is 258 g/mol. The predicted octanol–water partition coefficient (Wildman–Crippen LogP) is 3.72. The van der Waals surface area contributed by atoms with Crippen LogP contribution in [0.3, 0.4) is 0 Å². The van der Waals surface area contributed by atoms with E-state index in [0.29, 0.717) is 0 Å². The Morgan fingerprint density at radius 3 is 2.59 bits per heavy atom. The van der Waals surface area contributed by atoms with Crippen molar-refractivity contribution in [3.63, 3.8) is 0 Å². The highest BCUT2D eigenvalue weighted by Crippen LogP contribution is 2.34. The van der Waals surface area contributed by atoms with Crippen LogP contribution in [0.5, 0.6) is 5.75 Å². The monoisotopic (exact) mass is 257 g/mol. The summed E-state index contributed by atoms with van der Waals surface area (Å²) in [6, 6.07) is 4.91. The fourth-order valence-corrected chi connectivity index (χ4v) is 2.23. The smallest absolute Gasteiger partial charge is 0.310 e. The summed E-state index contributed by atoms with van der Waals surface area (Å²) in [5.74, 6) is 0.453. The molecule has 0 heterocycles. The van der Waals surface area contributed by atoms with Crippen LogP contribution in [0.2, 0.25) is 0 Å². The molecule has 0 aliphatic carbocycles. The van der Waals surface area contributed by atoms with Gasteiger partial charge in [-0.05, 0) is 30.9 Å². The van der Waals surface area contributed by atoms with Crippen LogP contribution in [0.1, 0.15) is 31.7 Å². The van der Waals surface area contributed by atoms with Gasteiger partial charge < -0.3 is 4.74 Å². The second kappa shape index (κ2) is 5.87. The third kappa shape index (κ3) is 3.09. The minimum Gasteiger partial charge on any atom is -0.490 e. The van der Waals surface area contributed by atoms with Gasteiger partial charge >= 0.3 is 5.69 Å². The SMILES string of the molecule is CCC(c1ccc([N+](=O)[O-])c(OC)c1)C(C)Cl. The van der Waals surface area contributed by atoms with E-state index in [1.165, 1.54) is 13.2 Å². The normalized spacial score (nSPS) is 14.1. The van der Waals surface area contributed by atoms with Crippen LogP contribution in [0.15, 0.2) is 18.2 Å². The molecule has 0 saturated heterocycles. The molecule has 1 aromatic carbocycles. The molecule has 0 bridgehead atoms. The maximum atomic E-state index is 10.8. The molecule has 1 rings (SSSR count). The number of nitro groups is 1. The number of halogens is 1. The first-order valence-corrected chi connectivity index (χ1v) is 5.91. The number of methoxy groups -OCH3 is 1. The Morgan fingerprint density at radius 1 is 1.53 bits per heavy atom. The van der Waals surface area contributed by atoms with Gasteiger partial charge in [-0.15, -0.1) is 11.6 Å².